The summed E-state index contributed by atoms with van der Waals surface area (Å²) in [6.45, 7) is 9.12. The molecule has 2 fully saturated rings. The molecule has 0 unspecified atom stereocenters. The third kappa shape index (κ3) is 5.34. The molecular formula is C25H35N3O2. The molecule has 0 amide bonds. The van der Waals surface area contributed by atoms with Gasteiger partial charge in [-0.1, -0.05) is 36.4 Å². The Labute approximate surface area is 181 Å². The summed E-state index contributed by atoms with van der Waals surface area (Å²) < 4.78 is 10.8. The Morgan fingerprint density at radius 1 is 0.700 bits per heavy atom. The van der Waals surface area contributed by atoms with Crippen LogP contribution in [0.25, 0.3) is 0 Å². The first-order valence-electron chi connectivity index (χ1n) is 11.2. The van der Waals surface area contributed by atoms with Gasteiger partial charge in [-0.15, -0.1) is 0 Å². The van der Waals surface area contributed by atoms with Gasteiger partial charge in [0.1, 0.15) is 0 Å². The van der Waals surface area contributed by atoms with Crippen molar-refractivity contribution >= 4 is 0 Å². The van der Waals surface area contributed by atoms with E-state index >= 15 is 0 Å². The summed E-state index contributed by atoms with van der Waals surface area (Å²) in [5, 5.41) is 0. The highest BCUT2D eigenvalue weighted by molar-refractivity contribution is 5.42. The normalized spacial score (nSPS) is 19.7. The Hall–Kier alpha value is -2.08. The minimum atomic E-state index is 0.750. The van der Waals surface area contributed by atoms with Gasteiger partial charge in [0.25, 0.3) is 0 Å². The number of ether oxygens (including phenoxy) is 2. The van der Waals surface area contributed by atoms with Gasteiger partial charge in [-0.05, 0) is 49.2 Å². The van der Waals surface area contributed by atoms with E-state index in [1.54, 1.807) is 14.2 Å². The maximum atomic E-state index is 5.45. The Kier molecular flexibility index (Phi) is 7.26. The predicted octanol–water partition coefficient (Wildman–Crippen LogP) is 3.49. The van der Waals surface area contributed by atoms with E-state index in [0.29, 0.717) is 0 Å². The SMILES string of the molecule is COc1ccc(CN2CCN(C3CCN(Cc4ccccc4)CC3)CC2)cc1OC. The van der Waals surface area contributed by atoms with E-state index in [4.69, 9.17) is 9.47 Å². The van der Waals surface area contributed by atoms with Crippen LogP contribution >= 0.6 is 0 Å². The predicted molar refractivity (Wildman–Crippen MR) is 121 cm³/mol. The number of piperazine rings is 1. The molecule has 2 aliphatic heterocycles. The molecule has 0 aromatic heterocycles. The van der Waals surface area contributed by atoms with Crippen LogP contribution < -0.4 is 9.47 Å². The van der Waals surface area contributed by atoms with E-state index in [0.717, 1.165) is 43.7 Å². The molecule has 0 saturated carbocycles. The molecule has 0 N–H and O–H groups in total. The van der Waals surface area contributed by atoms with Crippen molar-refractivity contribution in [2.75, 3.05) is 53.5 Å². The minimum Gasteiger partial charge on any atom is -0.493 e. The minimum absolute atomic E-state index is 0.750. The lowest BCUT2D eigenvalue weighted by Crippen LogP contribution is -2.52. The van der Waals surface area contributed by atoms with Gasteiger partial charge in [0.2, 0.25) is 0 Å². The number of methoxy groups -OCH3 is 2. The lowest BCUT2D eigenvalue weighted by atomic mass is 10.0. The summed E-state index contributed by atoms with van der Waals surface area (Å²) in [5.74, 6) is 1.61. The Balaban J connectivity index is 1.21. The molecule has 5 nitrogen and oxygen atoms in total. The summed E-state index contributed by atoms with van der Waals surface area (Å²) in [7, 11) is 3.38. The second kappa shape index (κ2) is 10.3. The monoisotopic (exact) mass is 409 g/mol. The van der Waals surface area contributed by atoms with E-state index in [9.17, 15) is 0 Å². The summed E-state index contributed by atoms with van der Waals surface area (Å²) >= 11 is 0. The largest absolute Gasteiger partial charge is 0.493 e. The van der Waals surface area contributed by atoms with Gasteiger partial charge >= 0.3 is 0 Å². The number of likely N-dealkylation sites (tertiary alicyclic amines) is 1. The van der Waals surface area contributed by atoms with Gasteiger partial charge in [-0.25, -0.2) is 0 Å². The van der Waals surface area contributed by atoms with E-state index in [1.165, 1.54) is 50.1 Å². The molecule has 0 radical (unpaired) electrons. The average Bonchev–Trinajstić information content (AvgIpc) is 2.81. The highest BCUT2D eigenvalue weighted by Crippen LogP contribution is 2.28. The van der Waals surface area contributed by atoms with Crippen LogP contribution in [-0.2, 0) is 13.1 Å². The highest BCUT2D eigenvalue weighted by atomic mass is 16.5. The van der Waals surface area contributed by atoms with E-state index in [2.05, 4.69) is 57.2 Å². The lowest BCUT2D eigenvalue weighted by Gasteiger charge is -2.43. The van der Waals surface area contributed by atoms with Crippen molar-refractivity contribution in [1.82, 2.24) is 14.7 Å². The maximum absolute atomic E-state index is 5.45. The smallest absolute Gasteiger partial charge is 0.161 e. The third-order valence-electron chi connectivity index (χ3n) is 6.58. The Morgan fingerprint density at radius 3 is 2.00 bits per heavy atom. The number of hydrogen-bond acceptors (Lipinski definition) is 5. The van der Waals surface area contributed by atoms with Gasteiger partial charge in [0, 0.05) is 45.3 Å². The first-order valence-corrected chi connectivity index (χ1v) is 11.2. The van der Waals surface area contributed by atoms with Crippen molar-refractivity contribution in [2.45, 2.75) is 32.0 Å². The topological polar surface area (TPSA) is 28.2 Å². The molecule has 2 aromatic carbocycles. The second-order valence-corrected chi connectivity index (χ2v) is 8.49. The summed E-state index contributed by atoms with van der Waals surface area (Å²) in [5.41, 5.74) is 2.72. The fraction of sp³-hybridized carbons (Fsp3) is 0.520. The quantitative estimate of drug-likeness (QED) is 0.698. The first kappa shape index (κ1) is 21.2. The fourth-order valence-corrected chi connectivity index (χ4v) is 4.81. The third-order valence-corrected chi connectivity index (χ3v) is 6.58. The molecule has 2 aromatic rings. The van der Waals surface area contributed by atoms with E-state index in [-0.39, 0.29) is 0 Å². The first-order chi connectivity index (χ1) is 14.7. The molecule has 5 heteroatoms. The molecular weight excluding hydrogens is 374 g/mol. The molecule has 0 spiro atoms. The van der Waals surface area contributed by atoms with E-state index < -0.39 is 0 Å². The number of nitrogens with zero attached hydrogens (tertiary/aromatic N) is 3. The van der Waals surface area contributed by atoms with Crippen molar-refractivity contribution in [3.8, 4) is 11.5 Å². The zero-order chi connectivity index (χ0) is 20.8. The fourth-order valence-electron chi connectivity index (χ4n) is 4.81. The van der Waals surface area contributed by atoms with Crippen molar-refractivity contribution in [3.63, 3.8) is 0 Å². The second-order valence-electron chi connectivity index (χ2n) is 8.49. The van der Waals surface area contributed by atoms with Crippen LogP contribution in [0.2, 0.25) is 0 Å². The number of hydrogen-bond donors (Lipinski definition) is 0. The van der Waals surface area contributed by atoms with E-state index in [1.807, 2.05) is 6.07 Å². The van der Waals surface area contributed by atoms with Crippen molar-refractivity contribution < 1.29 is 9.47 Å². The van der Waals surface area contributed by atoms with Crippen LogP contribution in [-0.4, -0.2) is 74.2 Å². The summed E-state index contributed by atoms with van der Waals surface area (Å²) in [6, 6.07) is 17.9. The Bertz CT molecular complexity index is 782. The molecule has 0 aliphatic carbocycles. The van der Waals surface area contributed by atoms with Gasteiger partial charge in [0.05, 0.1) is 14.2 Å². The van der Waals surface area contributed by atoms with Crippen LogP contribution in [0.3, 0.4) is 0 Å². The lowest BCUT2D eigenvalue weighted by molar-refractivity contribution is 0.0550. The van der Waals surface area contributed by atoms with Crippen LogP contribution in [0.15, 0.2) is 48.5 Å². The Morgan fingerprint density at radius 2 is 1.33 bits per heavy atom. The molecule has 0 bridgehead atoms. The van der Waals surface area contributed by atoms with Gasteiger partial charge in [0.15, 0.2) is 11.5 Å². The summed E-state index contributed by atoms with van der Waals surface area (Å²) in [6.07, 6.45) is 2.59. The van der Waals surface area contributed by atoms with Crippen molar-refractivity contribution in [2.24, 2.45) is 0 Å². The van der Waals surface area contributed by atoms with Crippen LogP contribution in [0.5, 0.6) is 11.5 Å². The maximum Gasteiger partial charge on any atom is 0.161 e. The standard InChI is InChI=1S/C25H35N3O2/c1-29-24-9-8-22(18-25(24)30-2)20-27-14-16-28(17-15-27)23-10-12-26(13-11-23)19-21-6-4-3-5-7-21/h3-9,18,23H,10-17,19-20H2,1-2H3. The zero-order valence-electron chi connectivity index (χ0n) is 18.4. The number of benzene rings is 2. The summed E-state index contributed by atoms with van der Waals surface area (Å²) in [4.78, 5) is 7.90. The molecule has 30 heavy (non-hydrogen) atoms. The molecule has 2 heterocycles. The number of piperidine rings is 1. The highest BCUT2D eigenvalue weighted by Gasteiger charge is 2.27. The average molecular weight is 410 g/mol. The van der Waals surface area contributed by atoms with Crippen LogP contribution in [0, 0.1) is 0 Å². The molecule has 2 aliphatic rings. The molecule has 0 atom stereocenters. The van der Waals surface area contributed by atoms with Gasteiger partial charge < -0.3 is 9.47 Å². The van der Waals surface area contributed by atoms with Crippen molar-refractivity contribution in [3.05, 3.63) is 59.7 Å². The molecule has 162 valence electrons. The van der Waals surface area contributed by atoms with Crippen LogP contribution in [0.4, 0.5) is 0 Å². The van der Waals surface area contributed by atoms with Crippen LogP contribution in [0.1, 0.15) is 24.0 Å². The molecule has 4 rings (SSSR count). The molecule has 2 saturated heterocycles. The number of rotatable bonds is 7. The van der Waals surface area contributed by atoms with Gasteiger partial charge in [-0.3, -0.25) is 14.7 Å². The van der Waals surface area contributed by atoms with Gasteiger partial charge in [-0.2, -0.15) is 0 Å². The van der Waals surface area contributed by atoms with Crippen molar-refractivity contribution in [1.29, 1.82) is 0 Å². The zero-order valence-corrected chi connectivity index (χ0v) is 18.4.